The number of rotatable bonds is 7. The number of aromatic nitrogens is 1. The van der Waals surface area contributed by atoms with Crippen LogP contribution in [0, 0.1) is 0 Å². The second-order valence-corrected chi connectivity index (χ2v) is 9.59. The third-order valence-corrected chi connectivity index (χ3v) is 7.25. The second kappa shape index (κ2) is 9.47. The summed E-state index contributed by atoms with van der Waals surface area (Å²) >= 11 is 1.47. The number of para-hydroxylation sites is 2. The van der Waals surface area contributed by atoms with Gasteiger partial charge in [0.1, 0.15) is 12.4 Å². The molecule has 0 saturated carbocycles. The lowest BCUT2D eigenvalue weighted by Gasteiger charge is -2.25. The summed E-state index contributed by atoms with van der Waals surface area (Å²) in [5.74, 6) is -0.251. The molecular weight excluding hydrogens is 452 g/mol. The molecule has 1 aromatic heterocycles. The number of amides is 2. The van der Waals surface area contributed by atoms with Crippen molar-refractivity contribution in [2.75, 3.05) is 25.0 Å². The topological polar surface area (TPSA) is 118 Å². The molecule has 166 valence electrons. The molecule has 32 heavy (non-hydrogen) atoms. The van der Waals surface area contributed by atoms with E-state index in [0.717, 1.165) is 10.00 Å². The van der Waals surface area contributed by atoms with Crippen LogP contribution in [-0.2, 0) is 21.4 Å². The van der Waals surface area contributed by atoms with Crippen LogP contribution in [0.2, 0.25) is 0 Å². The van der Waals surface area contributed by atoms with E-state index < -0.39 is 15.9 Å². The normalized spacial score (nSPS) is 14.6. The minimum absolute atomic E-state index is 0.0238. The van der Waals surface area contributed by atoms with Crippen LogP contribution in [0.4, 0.5) is 5.69 Å². The van der Waals surface area contributed by atoms with Crippen molar-refractivity contribution >= 4 is 38.9 Å². The first-order valence-electron chi connectivity index (χ1n) is 9.70. The van der Waals surface area contributed by atoms with E-state index in [1.165, 1.54) is 35.6 Å². The Morgan fingerprint density at radius 3 is 2.69 bits per heavy atom. The summed E-state index contributed by atoms with van der Waals surface area (Å²) < 4.78 is 32.4. The number of piperazine rings is 1. The van der Waals surface area contributed by atoms with Gasteiger partial charge in [0.05, 0.1) is 28.3 Å². The number of ether oxygens (including phenoxy) is 1. The Balaban J connectivity index is 1.45. The van der Waals surface area contributed by atoms with Gasteiger partial charge in [-0.1, -0.05) is 12.1 Å². The summed E-state index contributed by atoms with van der Waals surface area (Å²) in [6.45, 7) is 0.524. The smallest absolute Gasteiger partial charge is 0.255 e. The first-order chi connectivity index (χ1) is 15.4. The summed E-state index contributed by atoms with van der Waals surface area (Å²) in [6.07, 6.45) is 0. The first kappa shape index (κ1) is 21.9. The average molecular weight is 473 g/mol. The van der Waals surface area contributed by atoms with E-state index in [2.05, 4.69) is 15.6 Å². The molecule has 2 aromatic carbocycles. The molecule has 0 atom stereocenters. The third-order valence-electron chi connectivity index (χ3n) is 4.75. The molecule has 2 heterocycles. The van der Waals surface area contributed by atoms with Gasteiger partial charge in [-0.15, -0.1) is 11.3 Å². The van der Waals surface area contributed by atoms with Gasteiger partial charge in [0.25, 0.3) is 5.91 Å². The van der Waals surface area contributed by atoms with E-state index >= 15 is 0 Å². The van der Waals surface area contributed by atoms with Gasteiger partial charge in [0.2, 0.25) is 15.9 Å². The number of sulfonamides is 1. The van der Waals surface area contributed by atoms with E-state index in [9.17, 15) is 18.0 Å². The Labute approximate surface area is 189 Å². The SMILES string of the molecule is O=C1CN(S(=O)(=O)c2ccc(C(=O)Nc3ccccc3OCc3cscn3)cc2)CCN1. The number of benzene rings is 2. The number of carbonyl (C=O) groups is 2. The van der Waals surface area contributed by atoms with Crippen LogP contribution < -0.4 is 15.4 Å². The van der Waals surface area contributed by atoms with Gasteiger partial charge in [-0.25, -0.2) is 13.4 Å². The summed E-state index contributed by atoms with van der Waals surface area (Å²) in [6, 6.07) is 12.6. The molecule has 3 aromatic rings. The molecular formula is C21H20N4O5S2. The minimum Gasteiger partial charge on any atom is -0.485 e. The number of nitrogens with zero attached hydrogens (tertiary/aromatic N) is 2. The van der Waals surface area contributed by atoms with Crippen molar-refractivity contribution in [3.05, 3.63) is 70.7 Å². The van der Waals surface area contributed by atoms with Gasteiger partial charge in [0, 0.05) is 24.0 Å². The zero-order valence-electron chi connectivity index (χ0n) is 16.9. The molecule has 2 N–H and O–H groups in total. The average Bonchev–Trinajstić information content (AvgIpc) is 3.32. The van der Waals surface area contributed by atoms with Crippen molar-refractivity contribution in [1.29, 1.82) is 0 Å². The molecule has 0 radical (unpaired) electrons. The fraction of sp³-hybridized carbons (Fsp3) is 0.190. The number of nitrogens with one attached hydrogen (secondary N) is 2. The van der Waals surface area contributed by atoms with Crippen molar-refractivity contribution in [3.63, 3.8) is 0 Å². The molecule has 1 aliphatic rings. The zero-order valence-corrected chi connectivity index (χ0v) is 18.5. The van der Waals surface area contributed by atoms with Gasteiger partial charge >= 0.3 is 0 Å². The maximum Gasteiger partial charge on any atom is 0.255 e. The van der Waals surface area contributed by atoms with Crippen molar-refractivity contribution in [3.8, 4) is 5.75 Å². The highest BCUT2D eigenvalue weighted by atomic mass is 32.2. The molecule has 2 amide bonds. The quantitative estimate of drug-likeness (QED) is 0.544. The number of anilines is 1. The van der Waals surface area contributed by atoms with Crippen molar-refractivity contribution < 1.29 is 22.7 Å². The third kappa shape index (κ3) is 4.96. The number of carbonyl (C=O) groups excluding carboxylic acids is 2. The molecule has 9 nitrogen and oxygen atoms in total. The second-order valence-electron chi connectivity index (χ2n) is 6.93. The number of hydrogen-bond acceptors (Lipinski definition) is 7. The van der Waals surface area contributed by atoms with Gasteiger partial charge in [-0.2, -0.15) is 4.31 Å². The molecule has 1 aliphatic heterocycles. The Kier molecular flexibility index (Phi) is 6.49. The summed E-state index contributed by atoms with van der Waals surface area (Å²) in [7, 11) is -3.82. The van der Waals surface area contributed by atoms with Gasteiger partial charge in [0.15, 0.2) is 0 Å². The monoisotopic (exact) mass is 472 g/mol. The Morgan fingerprint density at radius 1 is 1.19 bits per heavy atom. The van der Waals surface area contributed by atoms with Crippen LogP contribution in [0.5, 0.6) is 5.75 Å². The number of hydrogen-bond donors (Lipinski definition) is 2. The molecule has 11 heteroatoms. The summed E-state index contributed by atoms with van der Waals surface area (Å²) in [5.41, 5.74) is 3.29. The van der Waals surface area contributed by atoms with Gasteiger partial charge < -0.3 is 15.4 Å². The van der Waals surface area contributed by atoms with Crippen LogP contribution in [0.3, 0.4) is 0 Å². The van der Waals surface area contributed by atoms with E-state index in [1.807, 2.05) is 5.38 Å². The highest BCUT2D eigenvalue weighted by Crippen LogP contribution is 2.26. The minimum atomic E-state index is -3.82. The van der Waals surface area contributed by atoms with Crippen molar-refractivity contribution in [2.45, 2.75) is 11.5 Å². The Hall–Kier alpha value is -3.28. The van der Waals surface area contributed by atoms with E-state index in [0.29, 0.717) is 11.4 Å². The molecule has 1 saturated heterocycles. The highest BCUT2D eigenvalue weighted by molar-refractivity contribution is 7.89. The first-order valence-corrected chi connectivity index (χ1v) is 12.1. The maximum atomic E-state index is 12.7. The van der Waals surface area contributed by atoms with Crippen LogP contribution in [0.1, 0.15) is 16.1 Å². The molecule has 0 unspecified atom stereocenters. The van der Waals surface area contributed by atoms with Crippen molar-refractivity contribution in [1.82, 2.24) is 14.6 Å². The van der Waals surface area contributed by atoms with Crippen LogP contribution in [0.15, 0.2) is 64.3 Å². The molecule has 0 aliphatic carbocycles. The zero-order chi connectivity index (χ0) is 22.6. The number of thiazole rings is 1. The largest absolute Gasteiger partial charge is 0.485 e. The maximum absolute atomic E-state index is 12.7. The summed E-state index contributed by atoms with van der Waals surface area (Å²) in [4.78, 5) is 28.4. The van der Waals surface area contributed by atoms with Gasteiger partial charge in [-0.3, -0.25) is 9.59 Å². The standard InChI is InChI=1S/C21H20N4O5S2/c26-20-11-25(10-9-22-20)32(28,29)17-7-5-15(6-8-17)21(27)24-18-3-1-2-4-19(18)30-12-16-13-31-14-23-16/h1-8,13-14H,9-12H2,(H,22,26)(H,24,27). The fourth-order valence-electron chi connectivity index (χ4n) is 3.10. The molecule has 0 spiro atoms. The highest BCUT2D eigenvalue weighted by Gasteiger charge is 2.29. The van der Waals surface area contributed by atoms with Crippen LogP contribution >= 0.6 is 11.3 Å². The van der Waals surface area contributed by atoms with E-state index in [1.54, 1.807) is 29.8 Å². The lowest BCUT2D eigenvalue weighted by molar-refractivity contribution is -0.122. The van der Waals surface area contributed by atoms with E-state index in [4.69, 9.17) is 4.74 Å². The molecule has 4 rings (SSSR count). The lowest BCUT2D eigenvalue weighted by atomic mass is 10.2. The van der Waals surface area contributed by atoms with Gasteiger partial charge in [-0.05, 0) is 36.4 Å². The van der Waals surface area contributed by atoms with Crippen LogP contribution in [-0.4, -0.2) is 49.2 Å². The predicted octanol–water partition coefficient (Wildman–Crippen LogP) is 2.09. The molecule has 1 fully saturated rings. The van der Waals surface area contributed by atoms with Crippen LogP contribution in [0.25, 0.3) is 0 Å². The van der Waals surface area contributed by atoms with Crippen molar-refractivity contribution in [2.24, 2.45) is 0 Å². The Bertz CT molecular complexity index is 1210. The summed E-state index contributed by atoms with van der Waals surface area (Å²) in [5, 5.41) is 7.26. The lowest BCUT2D eigenvalue weighted by Crippen LogP contribution is -2.49. The fourth-order valence-corrected chi connectivity index (χ4v) is 5.04. The molecule has 0 bridgehead atoms. The predicted molar refractivity (Wildman–Crippen MR) is 119 cm³/mol. The Morgan fingerprint density at radius 2 is 1.97 bits per heavy atom. The van der Waals surface area contributed by atoms with E-state index in [-0.39, 0.29) is 42.6 Å².